The number of hydrogen-bond donors (Lipinski definition) is 0. The van der Waals surface area contributed by atoms with Crippen LogP contribution in [0.4, 0.5) is 0 Å². The molecule has 0 radical (unpaired) electrons. The Hall–Kier alpha value is -6.90. The van der Waals surface area contributed by atoms with Gasteiger partial charge >= 0.3 is 0 Å². The van der Waals surface area contributed by atoms with E-state index in [-0.39, 0.29) is 10.8 Å². The topological polar surface area (TPSA) is 25.8 Å². The van der Waals surface area contributed by atoms with E-state index in [1.165, 1.54) is 71.1 Å². The van der Waals surface area contributed by atoms with Crippen LogP contribution in [-0.4, -0.2) is 9.97 Å². The first-order valence-corrected chi connectivity index (χ1v) is 22.9. The molecule has 304 valence electrons. The lowest BCUT2D eigenvalue weighted by Crippen LogP contribution is -2.31. The van der Waals surface area contributed by atoms with Gasteiger partial charge in [0.15, 0.2) is 0 Å². The van der Waals surface area contributed by atoms with Crippen molar-refractivity contribution in [1.82, 2.24) is 9.97 Å². The molecule has 1 aromatic heterocycles. The molecule has 0 amide bonds. The third-order valence-electron chi connectivity index (χ3n) is 15.0. The predicted molar refractivity (Wildman–Crippen MR) is 261 cm³/mol. The maximum absolute atomic E-state index is 5.51. The number of aromatic nitrogens is 2. The van der Waals surface area contributed by atoms with Crippen LogP contribution in [-0.2, 0) is 10.8 Å². The number of allylic oxidation sites excluding steroid dienone is 4. The van der Waals surface area contributed by atoms with E-state index in [1.807, 2.05) is 6.07 Å². The zero-order valence-electron chi connectivity index (χ0n) is 36.1. The quantitative estimate of drug-likeness (QED) is 0.167. The summed E-state index contributed by atoms with van der Waals surface area (Å²) in [5.74, 6) is 0.908. The van der Waals surface area contributed by atoms with Crippen molar-refractivity contribution in [1.29, 1.82) is 0 Å². The molecule has 4 aliphatic carbocycles. The standard InChI is InChI=1S/C61H50N2/c1-60(2)52-27-14-13-26-48(52)50-39-55-51(38-54(50)60)49-37-46(32-33-53(49)61(55)34-15-6-16-35-61)41-30-28-40(29-31-41)45-24-17-25-47(36-45)59-58(44-22-11-5-12-23-44)62-56(42-18-7-3-8-19-42)57(63-59)43-20-9-4-10-21-43/h3-5,7-14,17-33,36-39,50,54H,6,15-16,34-35H2,1-2H3. The molecule has 0 N–H and O–H groups in total. The van der Waals surface area contributed by atoms with Gasteiger partial charge in [0.25, 0.3) is 0 Å². The second kappa shape index (κ2) is 14.9. The summed E-state index contributed by atoms with van der Waals surface area (Å²) in [6, 6.07) is 66.0. The molecule has 4 aliphatic rings. The summed E-state index contributed by atoms with van der Waals surface area (Å²) >= 11 is 0. The highest BCUT2D eigenvalue weighted by atomic mass is 14.9. The van der Waals surface area contributed by atoms with E-state index < -0.39 is 0 Å². The van der Waals surface area contributed by atoms with E-state index in [0.717, 1.165) is 50.6 Å². The lowest BCUT2D eigenvalue weighted by Gasteiger charge is -2.39. The number of rotatable bonds is 6. The minimum absolute atomic E-state index is 0.0923. The third kappa shape index (κ3) is 6.14. The van der Waals surface area contributed by atoms with Crippen molar-refractivity contribution in [3.8, 4) is 67.3 Å². The van der Waals surface area contributed by atoms with E-state index in [1.54, 1.807) is 11.1 Å². The minimum Gasteiger partial charge on any atom is -0.243 e. The normalized spacial score (nSPS) is 18.8. The molecular formula is C61H50N2. The van der Waals surface area contributed by atoms with Gasteiger partial charge < -0.3 is 0 Å². The minimum atomic E-state index is 0.0923. The summed E-state index contributed by atoms with van der Waals surface area (Å²) in [5.41, 5.74) is 21.9. The molecule has 1 heterocycles. The summed E-state index contributed by atoms with van der Waals surface area (Å²) < 4.78 is 0. The van der Waals surface area contributed by atoms with Crippen molar-refractivity contribution in [2.75, 3.05) is 0 Å². The second-order valence-electron chi connectivity index (χ2n) is 18.8. The van der Waals surface area contributed by atoms with Gasteiger partial charge in [-0.1, -0.05) is 215 Å². The average Bonchev–Trinajstić information content (AvgIpc) is 3.74. The van der Waals surface area contributed by atoms with Crippen molar-refractivity contribution in [3.05, 3.63) is 222 Å². The predicted octanol–water partition coefficient (Wildman–Crippen LogP) is 15.7. The summed E-state index contributed by atoms with van der Waals surface area (Å²) in [5, 5.41) is 0. The molecule has 0 saturated heterocycles. The molecule has 7 aromatic carbocycles. The van der Waals surface area contributed by atoms with Crippen LogP contribution in [0, 0.1) is 5.92 Å². The highest BCUT2D eigenvalue weighted by molar-refractivity contribution is 5.94. The highest BCUT2D eigenvalue weighted by Gasteiger charge is 2.52. The molecule has 2 atom stereocenters. The summed E-state index contributed by atoms with van der Waals surface area (Å²) in [6.45, 7) is 4.93. The zero-order valence-corrected chi connectivity index (χ0v) is 36.1. The molecule has 8 aromatic rings. The number of hydrogen-bond acceptors (Lipinski definition) is 2. The first kappa shape index (κ1) is 37.8. The second-order valence-corrected chi connectivity index (χ2v) is 18.8. The lowest BCUT2D eigenvalue weighted by molar-refractivity contribution is 0.345. The third-order valence-corrected chi connectivity index (χ3v) is 15.0. The van der Waals surface area contributed by atoms with Crippen molar-refractivity contribution < 1.29 is 0 Å². The zero-order chi connectivity index (χ0) is 42.1. The Bertz CT molecular complexity index is 3090. The molecule has 63 heavy (non-hydrogen) atoms. The van der Waals surface area contributed by atoms with Gasteiger partial charge in [0.05, 0.1) is 22.8 Å². The van der Waals surface area contributed by atoms with Gasteiger partial charge in [-0.05, 0) is 92.0 Å². The van der Waals surface area contributed by atoms with Gasteiger partial charge in [-0.25, -0.2) is 9.97 Å². The van der Waals surface area contributed by atoms with Crippen LogP contribution >= 0.6 is 0 Å². The van der Waals surface area contributed by atoms with Gasteiger partial charge in [0.2, 0.25) is 0 Å². The fourth-order valence-corrected chi connectivity index (χ4v) is 11.8. The Morgan fingerprint density at radius 2 is 0.905 bits per heavy atom. The summed E-state index contributed by atoms with van der Waals surface area (Å²) in [4.78, 5) is 11.0. The van der Waals surface area contributed by atoms with Gasteiger partial charge in [-0.15, -0.1) is 0 Å². The maximum atomic E-state index is 5.51. The van der Waals surface area contributed by atoms with Gasteiger partial charge in [-0.2, -0.15) is 0 Å². The molecule has 2 unspecified atom stereocenters. The number of nitrogens with zero attached hydrogens (tertiary/aromatic N) is 2. The van der Waals surface area contributed by atoms with Crippen LogP contribution in [0.1, 0.15) is 74.1 Å². The fourth-order valence-electron chi connectivity index (χ4n) is 11.8. The molecule has 2 heteroatoms. The molecule has 12 rings (SSSR count). The molecule has 0 aliphatic heterocycles. The maximum Gasteiger partial charge on any atom is 0.0973 e. The van der Waals surface area contributed by atoms with E-state index in [9.17, 15) is 0 Å². The largest absolute Gasteiger partial charge is 0.243 e. The Labute approximate surface area is 371 Å². The molecule has 1 spiro atoms. The van der Waals surface area contributed by atoms with Crippen LogP contribution in [0.2, 0.25) is 0 Å². The van der Waals surface area contributed by atoms with Crippen molar-refractivity contribution >= 4 is 5.57 Å². The Balaban J connectivity index is 0.920. The van der Waals surface area contributed by atoms with Crippen LogP contribution in [0.5, 0.6) is 0 Å². The van der Waals surface area contributed by atoms with Gasteiger partial charge in [0.1, 0.15) is 0 Å². The molecule has 1 fully saturated rings. The van der Waals surface area contributed by atoms with Crippen molar-refractivity contribution in [2.24, 2.45) is 5.92 Å². The monoisotopic (exact) mass is 810 g/mol. The van der Waals surface area contributed by atoms with Crippen LogP contribution < -0.4 is 0 Å². The fraction of sp³-hybridized carbons (Fsp3) is 0.180. The first-order valence-electron chi connectivity index (χ1n) is 22.9. The SMILES string of the molecule is CC1(C)c2ccccc2C2C=C3C(=CC21)c1cc(-c2ccc(-c4cccc(-c5nc(-c6ccccc6)c(-c6ccccc6)nc5-c5ccccc5)c4)cc2)ccc1C31CCCCC1. The van der Waals surface area contributed by atoms with E-state index in [0.29, 0.717) is 11.8 Å². The molecule has 1 saturated carbocycles. The average molecular weight is 811 g/mol. The van der Waals surface area contributed by atoms with Crippen molar-refractivity contribution in [3.63, 3.8) is 0 Å². The number of fused-ring (bicyclic) bond motifs is 8. The lowest BCUT2D eigenvalue weighted by atomic mass is 9.64. The molecular weight excluding hydrogens is 761 g/mol. The van der Waals surface area contributed by atoms with E-state index in [2.05, 4.69) is 202 Å². The van der Waals surface area contributed by atoms with Crippen LogP contribution in [0.3, 0.4) is 0 Å². The Kier molecular flexibility index (Phi) is 8.94. The van der Waals surface area contributed by atoms with Gasteiger partial charge in [0, 0.05) is 33.6 Å². The van der Waals surface area contributed by atoms with Gasteiger partial charge in [-0.3, -0.25) is 0 Å². The first-order chi connectivity index (χ1) is 31.0. The highest BCUT2D eigenvalue weighted by Crippen LogP contribution is 2.63. The van der Waals surface area contributed by atoms with Crippen LogP contribution in [0.15, 0.2) is 200 Å². The Morgan fingerprint density at radius 3 is 1.51 bits per heavy atom. The van der Waals surface area contributed by atoms with Crippen LogP contribution in [0.25, 0.3) is 72.9 Å². The summed E-state index contributed by atoms with van der Waals surface area (Å²) in [7, 11) is 0. The molecule has 0 bridgehead atoms. The molecule has 2 nitrogen and oxygen atoms in total. The van der Waals surface area contributed by atoms with Crippen molar-refractivity contribution in [2.45, 2.75) is 62.7 Å². The smallest absolute Gasteiger partial charge is 0.0973 e. The Morgan fingerprint density at radius 1 is 0.413 bits per heavy atom. The summed E-state index contributed by atoms with van der Waals surface area (Å²) in [6.07, 6.45) is 11.9. The number of benzene rings is 7. The van der Waals surface area contributed by atoms with E-state index in [4.69, 9.17) is 9.97 Å². The van der Waals surface area contributed by atoms with E-state index >= 15 is 0 Å².